The Morgan fingerprint density at radius 3 is 2.89 bits per heavy atom. The first kappa shape index (κ1) is 11.4. The van der Waals surface area contributed by atoms with Gasteiger partial charge in [0.25, 0.3) is 0 Å². The normalized spacial score (nSPS) is 19.6. The lowest BCUT2D eigenvalue weighted by Crippen LogP contribution is -2.30. The summed E-state index contributed by atoms with van der Waals surface area (Å²) >= 11 is 0. The second kappa shape index (κ2) is 4.54. The molecule has 2 heterocycles. The lowest BCUT2D eigenvalue weighted by molar-refractivity contribution is 0.247. The lowest BCUT2D eigenvalue weighted by Gasteiger charge is -2.32. The molecule has 1 aromatic carbocycles. The highest BCUT2D eigenvalue weighted by Crippen LogP contribution is 2.31. The summed E-state index contributed by atoms with van der Waals surface area (Å²) in [5.74, 6) is 0. The summed E-state index contributed by atoms with van der Waals surface area (Å²) < 4.78 is 0. The Labute approximate surface area is 108 Å². The number of nitrogens with zero attached hydrogens (tertiary/aromatic N) is 2. The van der Waals surface area contributed by atoms with Crippen LogP contribution in [0.4, 0.5) is 0 Å². The van der Waals surface area contributed by atoms with Crippen molar-refractivity contribution in [3.8, 4) is 11.1 Å². The van der Waals surface area contributed by atoms with Gasteiger partial charge in [-0.3, -0.25) is 9.88 Å². The molecule has 92 valence electrons. The summed E-state index contributed by atoms with van der Waals surface area (Å²) in [4.78, 5) is 6.60. The Bertz CT molecular complexity index is 548. The highest BCUT2D eigenvalue weighted by atomic mass is 15.1. The van der Waals surface area contributed by atoms with Gasteiger partial charge in [0.05, 0.1) is 0 Å². The third kappa shape index (κ3) is 1.93. The number of rotatable bonds is 1. The maximum absolute atomic E-state index is 4.19. The van der Waals surface area contributed by atoms with Crippen molar-refractivity contribution < 1.29 is 0 Å². The van der Waals surface area contributed by atoms with Crippen LogP contribution in [0.25, 0.3) is 11.1 Å². The van der Waals surface area contributed by atoms with Crippen LogP contribution < -0.4 is 0 Å². The minimum absolute atomic E-state index is 0.525. The van der Waals surface area contributed by atoms with Crippen LogP contribution in [0.3, 0.4) is 0 Å². The summed E-state index contributed by atoms with van der Waals surface area (Å²) in [7, 11) is 2.20. The van der Waals surface area contributed by atoms with Crippen LogP contribution in [0.1, 0.15) is 24.1 Å². The predicted octanol–water partition coefficient (Wildman–Crippen LogP) is 3.30. The van der Waals surface area contributed by atoms with Crippen molar-refractivity contribution >= 4 is 0 Å². The maximum Gasteiger partial charge on any atom is 0.0346 e. The molecule has 0 N–H and O–H groups in total. The Balaban J connectivity index is 2.02. The minimum atomic E-state index is 0.525. The SMILES string of the molecule is CC1c2ccc(-c3cccnc3)cc2CCN1C. The van der Waals surface area contributed by atoms with Gasteiger partial charge in [0, 0.05) is 25.0 Å². The molecule has 0 saturated carbocycles. The van der Waals surface area contributed by atoms with Crippen molar-refractivity contribution in [2.75, 3.05) is 13.6 Å². The van der Waals surface area contributed by atoms with E-state index >= 15 is 0 Å². The third-order valence-electron chi connectivity index (χ3n) is 3.98. The molecule has 0 aliphatic carbocycles. The second-order valence-corrected chi connectivity index (χ2v) is 5.06. The van der Waals surface area contributed by atoms with E-state index in [2.05, 4.69) is 48.1 Å². The summed E-state index contributed by atoms with van der Waals surface area (Å²) in [6.07, 6.45) is 4.89. The van der Waals surface area contributed by atoms with Gasteiger partial charge in [-0.25, -0.2) is 0 Å². The fraction of sp³-hybridized carbons (Fsp3) is 0.312. The number of aromatic nitrogens is 1. The monoisotopic (exact) mass is 238 g/mol. The first-order chi connectivity index (χ1) is 8.75. The standard InChI is InChI=1S/C16H18N2/c1-12-16-6-5-13(15-4-3-8-17-11-15)10-14(16)7-9-18(12)2/h3-6,8,10-12H,7,9H2,1-2H3. The van der Waals surface area contributed by atoms with Gasteiger partial charge in [0.2, 0.25) is 0 Å². The van der Waals surface area contributed by atoms with Crippen LogP contribution in [-0.4, -0.2) is 23.5 Å². The molecule has 0 amide bonds. The maximum atomic E-state index is 4.19. The molecular weight excluding hydrogens is 220 g/mol. The van der Waals surface area contributed by atoms with Crippen molar-refractivity contribution in [1.29, 1.82) is 0 Å². The minimum Gasteiger partial charge on any atom is -0.299 e. The fourth-order valence-electron chi connectivity index (χ4n) is 2.67. The molecule has 18 heavy (non-hydrogen) atoms. The Morgan fingerprint density at radius 1 is 1.22 bits per heavy atom. The summed E-state index contributed by atoms with van der Waals surface area (Å²) in [6.45, 7) is 3.42. The van der Waals surface area contributed by atoms with Crippen molar-refractivity contribution in [2.45, 2.75) is 19.4 Å². The number of likely N-dealkylation sites (N-methyl/N-ethyl adjacent to an activating group) is 1. The Hall–Kier alpha value is -1.67. The van der Waals surface area contributed by atoms with E-state index in [9.17, 15) is 0 Å². The van der Waals surface area contributed by atoms with Crippen molar-refractivity contribution in [2.24, 2.45) is 0 Å². The first-order valence-electron chi connectivity index (χ1n) is 6.49. The summed E-state index contributed by atoms with van der Waals surface area (Å²) in [6, 6.07) is 11.5. The molecule has 0 radical (unpaired) electrons. The molecular formula is C16H18N2. The zero-order valence-corrected chi connectivity index (χ0v) is 10.9. The molecule has 0 bridgehead atoms. The van der Waals surface area contributed by atoms with Crippen LogP contribution in [0.5, 0.6) is 0 Å². The number of pyridine rings is 1. The topological polar surface area (TPSA) is 16.1 Å². The Morgan fingerprint density at radius 2 is 2.11 bits per heavy atom. The molecule has 1 unspecified atom stereocenters. The molecule has 1 atom stereocenters. The molecule has 1 aromatic heterocycles. The van der Waals surface area contributed by atoms with E-state index < -0.39 is 0 Å². The van der Waals surface area contributed by atoms with E-state index in [1.807, 2.05) is 18.5 Å². The molecule has 2 heteroatoms. The van der Waals surface area contributed by atoms with E-state index in [4.69, 9.17) is 0 Å². The van der Waals surface area contributed by atoms with Gasteiger partial charge < -0.3 is 0 Å². The van der Waals surface area contributed by atoms with Crippen LogP contribution in [-0.2, 0) is 6.42 Å². The molecule has 0 saturated heterocycles. The molecule has 0 fully saturated rings. The van der Waals surface area contributed by atoms with Gasteiger partial charge >= 0.3 is 0 Å². The fourth-order valence-corrected chi connectivity index (χ4v) is 2.67. The summed E-state index contributed by atoms with van der Waals surface area (Å²) in [5.41, 5.74) is 5.43. The lowest BCUT2D eigenvalue weighted by atomic mass is 9.91. The van der Waals surface area contributed by atoms with Crippen molar-refractivity contribution in [3.63, 3.8) is 0 Å². The van der Waals surface area contributed by atoms with Crippen molar-refractivity contribution in [3.05, 3.63) is 53.9 Å². The van der Waals surface area contributed by atoms with Gasteiger partial charge in [0.15, 0.2) is 0 Å². The van der Waals surface area contributed by atoms with E-state index in [-0.39, 0.29) is 0 Å². The zero-order chi connectivity index (χ0) is 12.5. The molecule has 2 aromatic rings. The van der Waals surface area contributed by atoms with E-state index in [0.717, 1.165) is 13.0 Å². The predicted molar refractivity (Wildman–Crippen MR) is 74.4 cm³/mol. The van der Waals surface area contributed by atoms with Gasteiger partial charge in [-0.1, -0.05) is 24.3 Å². The summed E-state index contributed by atoms with van der Waals surface area (Å²) in [5, 5.41) is 0. The van der Waals surface area contributed by atoms with E-state index in [1.54, 1.807) is 0 Å². The zero-order valence-electron chi connectivity index (χ0n) is 10.9. The van der Waals surface area contributed by atoms with Crippen LogP contribution in [0.15, 0.2) is 42.7 Å². The van der Waals surface area contributed by atoms with Gasteiger partial charge in [-0.15, -0.1) is 0 Å². The number of hydrogen-bond donors (Lipinski definition) is 0. The van der Waals surface area contributed by atoms with Crippen molar-refractivity contribution in [1.82, 2.24) is 9.88 Å². The average Bonchev–Trinajstić information content (AvgIpc) is 2.44. The average molecular weight is 238 g/mol. The highest BCUT2D eigenvalue weighted by molar-refractivity contribution is 5.64. The molecule has 0 spiro atoms. The largest absolute Gasteiger partial charge is 0.299 e. The number of hydrogen-bond acceptors (Lipinski definition) is 2. The highest BCUT2D eigenvalue weighted by Gasteiger charge is 2.20. The van der Waals surface area contributed by atoms with Crippen LogP contribution >= 0.6 is 0 Å². The molecule has 1 aliphatic heterocycles. The number of benzene rings is 1. The smallest absolute Gasteiger partial charge is 0.0346 e. The van der Waals surface area contributed by atoms with Gasteiger partial charge in [-0.05, 0) is 48.7 Å². The Kier molecular flexibility index (Phi) is 2.88. The third-order valence-corrected chi connectivity index (χ3v) is 3.98. The quantitative estimate of drug-likeness (QED) is 0.758. The number of fused-ring (bicyclic) bond motifs is 1. The first-order valence-corrected chi connectivity index (χ1v) is 6.49. The van der Waals surface area contributed by atoms with Crippen LogP contribution in [0.2, 0.25) is 0 Å². The molecule has 1 aliphatic rings. The molecule has 2 nitrogen and oxygen atoms in total. The molecule has 3 rings (SSSR count). The second-order valence-electron chi connectivity index (χ2n) is 5.06. The van der Waals surface area contributed by atoms with Gasteiger partial charge in [-0.2, -0.15) is 0 Å². The van der Waals surface area contributed by atoms with E-state index in [1.165, 1.54) is 22.3 Å². The van der Waals surface area contributed by atoms with Crippen LogP contribution in [0, 0.1) is 0 Å². The van der Waals surface area contributed by atoms with E-state index in [0.29, 0.717) is 6.04 Å². The van der Waals surface area contributed by atoms with Gasteiger partial charge in [0.1, 0.15) is 0 Å².